The lowest BCUT2D eigenvalue weighted by Gasteiger charge is -2.09. The van der Waals surface area contributed by atoms with Gasteiger partial charge in [-0.3, -0.25) is 0 Å². The SMILES string of the molecule is CC(C)(F)c1cnc[nH]1. The van der Waals surface area contributed by atoms with Gasteiger partial charge in [0.05, 0.1) is 18.2 Å². The van der Waals surface area contributed by atoms with E-state index in [-0.39, 0.29) is 0 Å². The van der Waals surface area contributed by atoms with Crippen LogP contribution in [0.5, 0.6) is 0 Å². The summed E-state index contributed by atoms with van der Waals surface area (Å²) in [4.78, 5) is 6.38. The lowest BCUT2D eigenvalue weighted by atomic mass is 10.1. The molecule has 0 atom stereocenters. The van der Waals surface area contributed by atoms with Gasteiger partial charge < -0.3 is 4.98 Å². The summed E-state index contributed by atoms with van der Waals surface area (Å²) in [6.45, 7) is 2.97. The van der Waals surface area contributed by atoms with Gasteiger partial charge in [-0.15, -0.1) is 0 Å². The molecule has 1 N–H and O–H groups in total. The van der Waals surface area contributed by atoms with E-state index < -0.39 is 5.67 Å². The number of hydrogen-bond acceptors (Lipinski definition) is 1. The van der Waals surface area contributed by atoms with Crippen LogP contribution in [-0.2, 0) is 5.67 Å². The van der Waals surface area contributed by atoms with E-state index in [4.69, 9.17) is 0 Å². The van der Waals surface area contributed by atoms with E-state index in [1.54, 1.807) is 0 Å². The Bertz CT molecular complexity index is 173. The first-order chi connectivity index (χ1) is 4.11. The third kappa shape index (κ3) is 1.28. The zero-order valence-electron chi connectivity index (χ0n) is 5.48. The number of halogens is 1. The van der Waals surface area contributed by atoms with Crippen LogP contribution in [0.4, 0.5) is 4.39 Å². The van der Waals surface area contributed by atoms with Gasteiger partial charge in [-0.1, -0.05) is 0 Å². The Kier molecular flexibility index (Phi) is 1.27. The van der Waals surface area contributed by atoms with Gasteiger partial charge in [0.1, 0.15) is 5.67 Å². The fourth-order valence-electron chi connectivity index (χ4n) is 0.581. The average molecular weight is 128 g/mol. The molecule has 0 saturated heterocycles. The van der Waals surface area contributed by atoms with E-state index in [0.717, 1.165) is 0 Å². The molecule has 3 heteroatoms. The summed E-state index contributed by atoms with van der Waals surface area (Å²) in [6, 6.07) is 0. The Morgan fingerprint density at radius 1 is 1.67 bits per heavy atom. The Hall–Kier alpha value is -0.860. The van der Waals surface area contributed by atoms with Crippen LogP contribution in [0.2, 0.25) is 0 Å². The first-order valence-electron chi connectivity index (χ1n) is 2.78. The third-order valence-corrected chi connectivity index (χ3v) is 1.14. The van der Waals surface area contributed by atoms with Gasteiger partial charge in [-0.2, -0.15) is 0 Å². The first kappa shape index (κ1) is 6.26. The highest BCUT2D eigenvalue weighted by Crippen LogP contribution is 2.20. The van der Waals surface area contributed by atoms with Gasteiger partial charge in [-0.25, -0.2) is 9.37 Å². The van der Waals surface area contributed by atoms with E-state index in [1.807, 2.05) is 0 Å². The van der Waals surface area contributed by atoms with E-state index >= 15 is 0 Å². The summed E-state index contributed by atoms with van der Waals surface area (Å²) in [5.74, 6) is 0. The Morgan fingerprint density at radius 2 is 2.33 bits per heavy atom. The molecular formula is C6H9FN2. The number of rotatable bonds is 1. The maximum absolute atomic E-state index is 12.9. The van der Waals surface area contributed by atoms with Crippen LogP contribution in [0.25, 0.3) is 0 Å². The highest BCUT2D eigenvalue weighted by Gasteiger charge is 2.19. The molecule has 50 valence electrons. The molecule has 1 aromatic rings. The number of aromatic nitrogens is 2. The van der Waals surface area contributed by atoms with Crippen molar-refractivity contribution in [3.63, 3.8) is 0 Å². The molecule has 0 saturated carbocycles. The van der Waals surface area contributed by atoms with Crippen molar-refractivity contribution in [3.05, 3.63) is 18.2 Å². The second-order valence-corrected chi connectivity index (χ2v) is 2.44. The normalized spacial score (nSPS) is 11.9. The summed E-state index contributed by atoms with van der Waals surface area (Å²) in [5, 5.41) is 0. The number of H-pyrrole nitrogens is 1. The van der Waals surface area contributed by atoms with Crippen LogP contribution in [0.15, 0.2) is 12.5 Å². The molecule has 0 fully saturated rings. The van der Waals surface area contributed by atoms with Crippen LogP contribution >= 0.6 is 0 Å². The van der Waals surface area contributed by atoms with Gasteiger partial charge in [-0.05, 0) is 13.8 Å². The van der Waals surface area contributed by atoms with Gasteiger partial charge in [0.25, 0.3) is 0 Å². The molecule has 1 rings (SSSR count). The maximum atomic E-state index is 12.9. The number of hydrogen-bond donors (Lipinski definition) is 1. The van der Waals surface area contributed by atoms with E-state index in [2.05, 4.69) is 9.97 Å². The summed E-state index contributed by atoms with van der Waals surface area (Å²) < 4.78 is 12.9. The maximum Gasteiger partial charge on any atom is 0.146 e. The summed E-state index contributed by atoms with van der Waals surface area (Å²) in [6.07, 6.45) is 2.96. The fraction of sp³-hybridized carbons (Fsp3) is 0.500. The molecule has 0 bridgehead atoms. The molecule has 0 spiro atoms. The molecule has 0 radical (unpaired) electrons. The van der Waals surface area contributed by atoms with Crippen LogP contribution in [0, 0.1) is 0 Å². The second-order valence-electron chi connectivity index (χ2n) is 2.44. The fourth-order valence-corrected chi connectivity index (χ4v) is 0.581. The summed E-state index contributed by atoms with van der Waals surface area (Å²) >= 11 is 0. The van der Waals surface area contributed by atoms with E-state index in [1.165, 1.54) is 26.4 Å². The van der Waals surface area contributed by atoms with Crippen molar-refractivity contribution in [2.45, 2.75) is 19.5 Å². The minimum Gasteiger partial charge on any atom is -0.346 e. The molecular weight excluding hydrogens is 119 g/mol. The van der Waals surface area contributed by atoms with Crippen molar-refractivity contribution in [3.8, 4) is 0 Å². The predicted molar refractivity (Wildman–Crippen MR) is 32.7 cm³/mol. The average Bonchev–Trinajstić information content (AvgIpc) is 2.08. The van der Waals surface area contributed by atoms with Crippen LogP contribution in [0.3, 0.4) is 0 Å². The van der Waals surface area contributed by atoms with Gasteiger partial charge in [0.2, 0.25) is 0 Å². The number of nitrogens with zero attached hydrogens (tertiary/aromatic N) is 1. The highest BCUT2D eigenvalue weighted by molar-refractivity contribution is 5.03. The zero-order chi connectivity index (χ0) is 6.91. The van der Waals surface area contributed by atoms with Crippen molar-refractivity contribution < 1.29 is 4.39 Å². The summed E-state index contributed by atoms with van der Waals surface area (Å²) in [7, 11) is 0. The molecule has 0 aliphatic carbocycles. The lowest BCUT2D eigenvalue weighted by Crippen LogP contribution is -2.08. The zero-order valence-corrected chi connectivity index (χ0v) is 5.48. The Morgan fingerprint density at radius 3 is 2.56 bits per heavy atom. The second kappa shape index (κ2) is 1.83. The first-order valence-corrected chi connectivity index (χ1v) is 2.78. The van der Waals surface area contributed by atoms with Crippen LogP contribution in [-0.4, -0.2) is 9.97 Å². The minimum absolute atomic E-state index is 0.516. The van der Waals surface area contributed by atoms with Crippen LogP contribution in [0.1, 0.15) is 19.5 Å². The predicted octanol–water partition coefficient (Wildman–Crippen LogP) is 1.61. The van der Waals surface area contributed by atoms with Crippen molar-refractivity contribution >= 4 is 0 Å². The van der Waals surface area contributed by atoms with Gasteiger partial charge in [0.15, 0.2) is 0 Å². The molecule has 0 aliphatic rings. The minimum atomic E-state index is -1.30. The molecule has 0 aliphatic heterocycles. The lowest BCUT2D eigenvalue weighted by molar-refractivity contribution is 0.215. The molecule has 9 heavy (non-hydrogen) atoms. The number of imidazole rings is 1. The quantitative estimate of drug-likeness (QED) is 0.611. The molecule has 0 amide bonds. The summed E-state index contributed by atoms with van der Waals surface area (Å²) in [5.41, 5.74) is -0.779. The number of nitrogens with one attached hydrogen (secondary N) is 1. The standard InChI is InChI=1S/C6H9FN2/c1-6(2,7)5-3-8-4-9-5/h3-4H,1-2H3,(H,8,9). The molecule has 0 aromatic carbocycles. The van der Waals surface area contributed by atoms with Crippen LogP contribution < -0.4 is 0 Å². The Balaban J connectivity index is 2.90. The van der Waals surface area contributed by atoms with Gasteiger partial charge in [0, 0.05) is 0 Å². The monoisotopic (exact) mass is 128 g/mol. The van der Waals surface area contributed by atoms with E-state index in [9.17, 15) is 4.39 Å². The molecule has 2 nitrogen and oxygen atoms in total. The Labute approximate surface area is 53.1 Å². The largest absolute Gasteiger partial charge is 0.346 e. The van der Waals surface area contributed by atoms with Gasteiger partial charge >= 0.3 is 0 Å². The topological polar surface area (TPSA) is 28.7 Å². The van der Waals surface area contributed by atoms with E-state index in [0.29, 0.717) is 5.69 Å². The van der Waals surface area contributed by atoms with Crippen molar-refractivity contribution in [2.75, 3.05) is 0 Å². The molecule has 1 heterocycles. The van der Waals surface area contributed by atoms with Crippen molar-refractivity contribution in [1.29, 1.82) is 0 Å². The number of alkyl halides is 1. The number of aromatic amines is 1. The van der Waals surface area contributed by atoms with Crippen molar-refractivity contribution in [2.24, 2.45) is 0 Å². The third-order valence-electron chi connectivity index (χ3n) is 1.14. The molecule has 1 aromatic heterocycles. The highest BCUT2D eigenvalue weighted by atomic mass is 19.1. The smallest absolute Gasteiger partial charge is 0.146 e. The van der Waals surface area contributed by atoms with Crippen molar-refractivity contribution in [1.82, 2.24) is 9.97 Å². The molecule has 0 unspecified atom stereocenters.